The van der Waals surface area contributed by atoms with E-state index < -0.39 is 6.04 Å². The molecule has 0 rings (SSSR count). The van der Waals surface area contributed by atoms with Crippen molar-refractivity contribution in [1.29, 1.82) is 0 Å². The minimum absolute atomic E-state index is 0.0757. The van der Waals surface area contributed by atoms with E-state index in [1.807, 2.05) is 0 Å². The van der Waals surface area contributed by atoms with Gasteiger partial charge in [-0.15, -0.1) is 0 Å². The molecule has 126 valence electrons. The number of hydrogen-bond acceptors (Lipinski definition) is 3. The van der Waals surface area contributed by atoms with Gasteiger partial charge in [-0.25, -0.2) is 0 Å². The number of unbranched alkanes of at least 4 members (excludes halogenated alkanes) is 8. The minimum atomic E-state index is -0.507. The van der Waals surface area contributed by atoms with Crippen LogP contribution in [0.5, 0.6) is 0 Å². The molecule has 0 amide bonds. The lowest BCUT2D eigenvalue weighted by Gasteiger charge is -2.19. The monoisotopic (exact) mass is 299 g/mol. The predicted molar refractivity (Wildman–Crippen MR) is 90.3 cm³/mol. The zero-order chi connectivity index (χ0) is 15.9. The molecule has 0 aliphatic carbocycles. The van der Waals surface area contributed by atoms with E-state index in [9.17, 15) is 4.79 Å². The molecule has 21 heavy (non-hydrogen) atoms. The Morgan fingerprint density at radius 1 is 0.857 bits per heavy atom. The first-order valence-electron chi connectivity index (χ1n) is 9.07. The van der Waals surface area contributed by atoms with E-state index in [4.69, 9.17) is 10.5 Å². The van der Waals surface area contributed by atoms with E-state index in [-0.39, 0.29) is 12.1 Å². The van der Waals surface area contributed by atoms with Crippen molar-refractivity contribution in [3.8, 4) is 0 Å². The molecule has 1 atom stereocenters. The molecule has 0 unspecified atom stereocenters. The number of ether oxygens (including phenoxy) is 1. The van der Waals surface area contributed by atoms with Crippen LogP contribution in [0, 0.1) is 0 Å². The highest BCUT2D eigenvalue weighted by molar-refractivity contribution is 5.75. The van der Waals surface area contributed by atoms with Crippen molar-refractivity contribution in [2.24, 2.45) is 5.73 Å². The molecule has 0 aromatic heterocycles. The van der Waals surface area contributed by atoms with Gasteiger partial charge in [0.05, 0.1) is 0 Å². The Labute approximate surface area is 132 Å². The molecule has 0 aliphatic heterocycles. The largest absolute Gasteiger partial charge is 0.461 e. The van der Waals surface area contributed by atoms with Crippen LogP contribution in [-0.2, 0) is 9.53 Å². The lowest BCUT2D eigenvalue weighted by atomic mass is 10.0. The molecule has 2 N–H and O–H groups in total. The number of rotatable bonds is 14. The average Bonchev–Trinajstić information content (AvgIpc) is 2.46. The quantitative estimate of drug-likeness (QED) is 0.364. The molecule has 0 fully saturated rings. The molecular formula is C18H37NO2. The zero-order valence-electron chi connectivity index (χ0n) is 14.5. The second kappa shape index (κ2) is 14.4. The first kappa shape index (κ1) is 20.4. The second-order valence-electron chi connectivity index (χ2n) is 6.25. The summed E-state index contributed by atoms with van der Waals surface area (Å²) < 4.78 is 5.56. The Bertz CT molecular complexity index is 227. The fourth-order valence-corrected chi connectivity index (χ4v) is 2.48. The Balaban J connectivity index is 3.94. The van der Waals surface area contributed by atoms with Gasteiger partial charge in [0.15, 0.2) is 0 Å². The van der Waals surface area contributed by atoms with Crippen molar-refractivity contribution >= 4 is 5.97 Å². The molecule has 0 heterocycles. The van der Waals surface area contributed by atoms with Crippen molar-refractivity contribution in [2.75, 3.05) is 0 Å². The maximum Gasteiger partial charge on any atom is 0.322 e. The van der Waals surface area contributed by atoms with Gasteiger partial charge in [-0.3, -0.25) is 4.79 Å². The topological polar surface area (TPSA) is 52.3 Å². The summed E-state index contributed by atoms with van der Waals surface area (Å²) in [6.07, 6.45) is 14.6. The fourth-order valence-electron chi connectivity index (χ4n) is 2.48. The van der Waals surface area contributed by atoms with Gasteiger partial charge in [0.25, 0.3) is 0 Å². The van der Waals surface area contributed by atoms with Gasteiger partial charge >= 0.3 is 5.97 Å². The Kier molecular flexibility index (Phi) is 14.0. The standard InChI is InChI=1S/C18H37NO2/c1-4-6-8-10-12-14-17(21-18(20)16(3)19)15-13-11-9-7-5-2/h16-17H,4-15,19H2,1-3H3/t16-/m1/s1. The number of hydrogen-bond donors (Lipinski definition) is 1. The molecule has 0 saturated heterocycles. The lowest BCUT2D eigenvalue weighted by Crippen LogP contribution is -2.32. The number of carbonyl (C=O) groups is 1. The third-order valence-electron chi connectivity index (χ3n) is 3.91. The van der Waals surface area contributed by atoms with E-state index in [0.29, 0.717) is 0 Å². The minimum Gasteiger partial charge on any atom is -0.461 e. The van der Waals surface area contributed by atoms with Gasteiger partial charge in [-0.1, -0.05) is 65.2 Å². The third kappa shape index (κ3) is 12.9. The first-order valence-corrected chi connectivity index (χ1v) is 9.07. The van der Waals surface area contributed by atoms with Crippen LogP contribution in [-0.4, -0.2) is 18.1 Å². The molecular weight excluding hydrogens is 262 g/mol. The summed E-state index contributed by atoms with van der Waals surface area (Å²) in [5, 5.41) is 0. The van der Waals surface area contributed by atoms with Crippen LogP contribution in [0.2, 0.25) is 0 Å². The fraction of sp³-hybridized carbons (Fsp3) is 0.944. The smallest absolute Gasteiger partial charge is 0.322 e. The average molecular weight is 299 g/mol. The van der Waals surface area contributed by atoms with Crippen molar-refractivity contribution in [3.05, 3.63) is 0 Å². The van der Waals surface area contributed by atoms with Gasteiger partial charge in [0.2, 0.25) is 0 Å². The van der Waals surface area contributed by atoms with E-state index in [1.165, 1.54) is 51.4 Å². The molecule has 0 bridgehead atoms. The molecule has 0 spiro atoms. The van der Waals surface area contributed by atoms with Gasteiger partial charge < -0.3 is 10.5 Å². The van der Waals surface area contributed by atoms with Gasteiger partial charge in [-0.05, 0) is 32.6 Å². The normalized spacial score (nSPS) is 12.6. The summed E-state index contributed by atoms with van der Waals surface area (Å²) in [4.78, 5) is 11.7. The SMILES string of the molecule is CCCCCCCC(CCCCCCC)OC(=O)[C@@H](C)N. The molecule has 0 aromatic rings. The maximum atomic E-state index is 11.7. The Morgan fingerprint density at radius 3 is 1.67 bits per heavy atom. The summed E-state index contributed by atoms with van der Waals surface area (Å²) in [5.41, 5.74) is 5.60. The van der Waals surface area contributed by atoms with E-state index >= 15 is 0 Å². The predicted octanol–water partition coefficient (Wildman–Crippen LogP) is 4.97. The highest BCUT2D eigenvalue weighted by Crippen LogP contribution is 2.16. The molecule has 0 aromatic carbocycles. The van der Waals surface area contributed by atoms with E-state index in [2.05, 4.69) is 13.8 Å². The molecule has 3 nitrogen and oxygen atoms in total. The lowest BCUT2D eigenvalue weighted by molar-refractivity contribution is -0.151. The Hall–Kier alpha value is -0.570. The summed E-state index contributed by atoms with van der Waals surface area (Å²) in [7, 11) is 0. The molecule has 0 saturated carbocycles. The van der Waals surface area contributed by atoms with Crippen molar-refractivity contribution in [2.45, 2.75) is 110 Å². The molecule has 0 aliphatic rings. The van der Waals surface area contributed by atoms with Gasteiger partial charge in [-0.2, -0.15) is 0 Å². The maximum absolute atomic E-state index is 11.7. The summed E-state index contributed by atoms with van der Waals surface area (Å²) in [5.74, 6) is -0.248. The molecule has 3 heteroatoms. The highest BCUT2D eigenvalue weighted by atomic mass is 16.5. The number of nitrogens with two attached hydrogens (primary N) is 1. The third-order valence-corrected chi connectivity index (χ3v) is 3.91. The van der Waals surface area contributed by atoms with Gasteiger partial charge in [0, 0.05) is 0 Å². The van der Waals surface area contributed by atoms with Crippen LogP contribution in [0.15, 0.2) is 0 Å². The van der Waals surface area contributed by atoms with Crippen LogP contribution in [0.1, 0.15) is 97.8 Å². The first-order chi connectivity index (χ1) is 10.1. The Morgan fingerprint density at radius 2 is 1.29 bits per heavy atom. The second-order valence-corrected chi connectivity index (χ2v) is 6.25. The van der Waals surface area contributed by atoms with Crippen LogP contribution in [0.4, 0.5) is 0 Å². The zero-order valence-corrected chi connectivity index (χ0v) is 14.5. The highest BCUT2D eigenvalue weighted by Gasteiger charge is 2.16. The number of esters is 1. The van der Waals surface area contributed by atoms with Crippen molar-refractivity contribution in [3.63, 3.8) is 0 Å². The van der Waals surface area contributed by atoms with E-state index in [0.717, 1.165) is 25.7 Å². The van der Waals surface area contributed by atoms with Gasteiger partial charge in [0.1, 0.15) is 12.1 Å². The van der Waals surface area contributed by atoms with Crippen LogP contribution < -0.4 is 5.73 Å². The summed E-state index contributed by atoms with van der Waals surface area (Å²) >= 11 is 0. The van der Waals surface area contributed by atoms with Crippen LogP contribution in [0.25, 0.3) is 0 Å². The van der Waals surface area contributed by atoms with Crippen LogP contribution in [0.3, 0.4) is 0 Å². The van der Waals surface area contributed by atoms with Crippen LogP contribution >= 0.6 is 0 Å². The van der Waals surface area contributed by atoms with Crippen molar-refractivity contribution < 1.29 is 9.53 Å². The van der Waals surface area contributed by atoms with E-state index in [1.54, 1.807) is 6.92 Å². The summed E-state index contributed by atoms with van der Waals surface area (Å²) in [6, 6.07) is -0.507. The molecule has 0 radical (unpaired) electrons. The number of carbonyl (C=O) groups excluding carboxylic acids is 1. The van der Waals surface area contributed by atoms with Crippen molar-refractivity contribution in [1.82, 2.24) is 0 Å². The summed E-state index contributed by atoms with van der Waals surface area (Å²) in [6.45, 7) is 6.15.